The van der Waals surface area contributed by atoms with Gasteiger partial charge in [0.2, 0.25) is 5.91 Å². The Balaban J connectivity index is 1.96. The lowest BCUT2D eigenvalue weighted by atomic mass is 9.84. The number of benzene rings is 1. The number of hydrogen-bond donors (Lipinski definition) is 2. The standard InChI is InChI=1S/C15H21BrN2O/c1-10(11-6-8-12(16)9-7-11)18-15(19)13-4-2-3-5-14(13)17/h6-10,13-14H,2-5,17H2,1H3,(H,18,19). The average molecular weight is 325 g/mol. The molecule has 3 atom stereocenters. The number of carbonyl (C=O) groups excluding carboxylic acids is 1. The molecule has 1 fully saturated rings. The first-order valence-corrected chi connectivity index (χ1v) is 7.68. The van der Waals surface area contributed by atoms with E-state index in [2.05, 4.69) is 21.2 Å². The lowest BCUT2D eigenvalue weighted by molar-refractivity contribution is -0.127. The van der Waals surface area contributed by atoms with Crippen LogP contribution in [-0.2, 0) is 4.79 Å². The van der Waals surface area contributed by atoms with E-state index in [1.807, 2.05) is 31.2 Å². The van der Waals surface area contributed by atoms with Crippen molar-refractivity contribution in [3.8, 4) is 0 Å². The van der Waals surface area contributed by atoms with E-state index in [-0.39, 0.29) is 23.9 Å². The van der Waals surface area contributed by atoms with Gasteiger partial charge in [-0.05, 0) is 37.5 Å². The summed E-state index contributed by atoms with van der Waals surface area (Å²) in [5, 5.41) is 3.08. The first-order valence-electron chi connectivity index (χ1n) is 6.89. The molecule has 0 saturated heterocycles. The van der Waals surface area contributed by atoms with Crippen molar-refractivity contribution in [2.75, 3.05) is 0 Å². The topological polar surface area (TPSA) is 55.1 Å². The maximum Gasteiger partial charge on any atom is 0.225 e. The van der Waals surface area contributed by atoms with Crippen molar-refractivity contribution >= 4 is 21.8 Å². The molecule has 1 aliphatic carbocycles. The van der Waals surface area contributed by atoms with Crippen molar-refractivity contribution in [2.24, 2.45) is 11.7 Å². The van der Waals surface area contributed by atoms with Gasteiger partial charge in [0, 0.05) is 10.5 Å². The predicted molar refractivity (Wildman–Crippen MR) is 80.6 cm³/mol. The molecule has 3 N–H and O–H groups in total. The van der Waals surface area contributed by atoms with E-state index in [4.69, 9.17) is 5.73 Å². The Bertz CT molecular complexity index is 432. The molecule has 4 heteroatoms. The zero-order valence-corrected chi connectivity index (χ0v) is 12.8. The third kappa shape index (κ3) is 3.80. The van der Waals surface area contributed by atoms with Crippen molar-refractivity contribution in [1.82, 2.24) is 5.32 Å². The fraction of sp³-hybridized carbons (Fsp3) is 0.533. The van der Waals surface area contributed by atoms with Crippen molar-refractivity contribution in [3.05, 3.63) is 34.3 Å². The normalized spacial score (nSPS) is 24.8. The van der Waals surface area contributed by atoms with Crippen molar-refractivity contribution in [2.45, 2.75) is 44.7 Å². The van der Waals surface area contributed by atoms with Gasteiger partial charge in [0.15, 0.2) is 0 Å². The molecule has 2 rings (SSSR count). The van der Waals surface area contributed by atoms with Gasteiger partial charge in [-0.1, -0.05) is 40.9 Å². The third-order valence-electron chi connectivity index (χ3n) is 3.88. The van der Waals surface area contributed by atoms with Gasteiger partial charge in [0.1, 0.15) is 0 Å². The van der Waals surface area contributed by atoms with Crippen LogP contribution in [0.15, 0.2) is 28.7 Å². The molecular formula is C15H21BrN2O. The Hall–Kier alpha value is -0.870. The molecular weight excluding hydrogens is 304 g/mol. The second-order valence-corrected chi connectivity index (χ2v) is 6.25. The number of hydrogen-bond acceptors (Lipinski definition) is 2. The van der Waals surface area contributed by atoms with Crippen LogP contribution < -0.4 is 11.1 Å². The molecule has 0 radical (unpaired) electrons. The summed E-state index contributed by atoms with van der Waals surface area (Å²) in [4.78, 5) is 12.3. The fourth-order valence-corrected chi connectivity index (χ4v) is 2.90. The zero-order valence-electron chi connectivity index (χ0n) is 11.2. The molecule has 0 spiro atoms. The van der Waals surface area contributed by atoms with Gasteiger partial charge < -0.3 is 11.1 Å². The van der Waals surface area contributed by atoms with E-state index < -0.39 is 0 Å². The number of nitrogens with one attached hydrogen (secondary N) is 1. The van der Waals surface area contributed by atoms with Crippen LogP contribution in [0.1, 0.15) is 44.2 Å². The van der Waals surface area contributed by atoms with Crippen molar-refractivity contribution in [1.29, 1.82) is 0 Å². The van der Waals surface area contributed by atoms with Gasteiger partial charge in [-0.15, -0.1) is 0 Å². The fourth-order valence-electron chi connectivity index (χ4n) is 2.64. The summed E-state index contributed by atoms with van der Waals surface area (Å²) in [7, 11) is 0. The van der Waals surface area contributed by atoms with E-state index in [9.17, 15) is 4.79 Å². The van der Waals surface area contributed by atoms with Gasteiger partial charge in [-0.3, -0.25) is 4.79 Å². The second kappa shape index (κ2) is 6.53. The minimum absolute atomic E-state index is 0.0193. The van der Waals surface area contributed by atoms with E-state index in [0.29, 0.717) is 0 Å². The maximum absolute atomic E-state index is 12.3. The molecule has 0 heterocycles. The van der Waals surface area contributed by atoms with E-state index in [1.165, 1.54) is 0 Å². The van der Waals surface area contributed by atoms with Gasteiger partial charge in [-0.25, -0.2) is 0 Å². The minimum Gasteiger partial charge on any atom is -0.349 e. The molecule has 0 aromatic heterocycles. The monoisotopic (exact) mass is 324 g/mol. The Morgan fingerprint density at radius 1 is 1.32 bits per heavy atom. The molecule has 104 valence electrons. The largest absolute Gasteiger partial charge is 0.349 e. The smallest absolute Gasteiger partial charge is 0.225 e. The Morgan fingerprint density at radius 3 is 2.58 bits per heavy atom. The van der Waals surface area contributed by atoms with Crippen LogP contribution in [0, 0.1) is 5.92 Å². The number of amides is 1. The van der Waals surface area contributed by atoms with Crippen LogP contribution in [0.4, 0.5) is 0 Å². The van der Waals surface area contributed by atoms with Gasteiger partial charge in [0.25, 0.3) is 0 Å². The van der Waals surface area contributed by atoms with Crippen LogP contribution in [0.3, 0.4) is 0 Å². The van der Waals surface area contributed by atoms with Crippen molar-refractivity contribution < 1.29 is 4.79 Å². The highest BCUT2D eigenvalue weighted by Gasteiger charge is 2.28. The van der Waals surface area contributed by atoms with Gasteiger partial charge in [0.05, 0.1) is 12.0 Å². The summed E-state index contributed by atoms with van der Waals surface area (Å²) < 4.78 is 1.05. The molecule has 1 aromatic carbocycles. The van der Waals surface area contributed by atoms with Crippen LogP contribution in [0.2, 0.25) is 0 Å². The lowest BCUT2D eigenvalue weighted by Gasteiger charge is -2.28. The molecule has 1 aliphatic rings. The molecule has 1 aromatic rings. The summed E-state index contributed by atoms with van der Waals surface area (Å²) in [6, 6.07) is 8.07. The summed E-state index contributed by atoms with van der Waals surface area (Å²) in [5.41, 5.74) is 7.16. The van der Waals surface area contributed by atoms with E-state index in [1.54, 1.807) is 0 Å². The predicted octanol–water partition coefficient (Wildman–Crippen LogP) is 3.14. The molecule has 19 heavy (non-hydrogen) atoms. The molecule has 1 saturated carbocycles. The molecule has 3 nitrogen and oxygen atoms in total. The molecule has 0 bridgehead atoms. The number of nitrogens with two attached hydrogens (primary N) is 1. The molecule has 3 unspecified atom stereocenters. The van der Waals surface area contributed by atoms with Crippen LogP contribution in [0.25, 0.3) is 0 Å². The Labute approximate surface area is 123 Å². The average Bonchev–Trinajstić information content (AvgIpc) is 2.39. The molecule has 0 aliphatic heterocycles. The van der Waals surface area contributed by atoms with Crippen molar-refractivity contribution in [3.63, 3.8) is 0 Å². The zero-order chi connectivity index (χ0) is 13.8. The number of carbonyl (C=O) groups is 1. The van der Waals surface area contributed by atoms with Gasteiger partial charge >= 0.3 is 0 Å². The van der Waals surface area contributed by atoms with E-state index in [0.717, 1.165) is 35.7 Å². The molecule has 1 amide bonds. The summed E-state index contributed by atoms with van der Waals surface area (Å²) in [5.74, 6) is 0.0780. The summed E-state index contributed by atoms with van der Waals surface area (Å²) in [6.07, 6.45) is 4.14. The first-order chi connectivity index (χ1) is 9.08. The Kier molecular flexibility index (Phi) is 4.99. The number of rotatable bonds is 3. The van der Waals surface area contributed by atoms with Gasteiger partial charge in [-0.2, -0.15) is 0 Å². The lowest BCUT2D eigenvalue weighted by Crippen LogP contribution is -2.44. The SMILES string of the molecule is CC(NC(=O)C1CCCCC1N)c1ccc(Br)cc1. The van der Waals surface area contributed by atoms with Crippen LogP contribution in [-0.4, -0.2) is 11.9 Å². The maximum atomic E-state index is 12.3. The third-order valence-corrected chi connectivity index (χ3v) is 4.41. The highest BCUT2D eigenvalue weighted by Crippen LogP contribution is 2.24. The highest BCUT2D eigenvalue weighted by atomic mass is 79.9. The quantitative estimate of drug-likeness (QED) is 0.897. The van der Waals surface area contributed by atoms with Crippen LogP contribution >= 0.6 is 15.9 Å². The van der Waals surface area contributed by atoms with E-state index >= 15 is 0 Å². The second-order valence-electron chi connectivity index (χ2n) is 5.34. The first kappa shape index (κ1) is 14.5. The number of halogens is 1. The van der Waals surface area contributed by atoms with Crippen LogP contribution in [0.5, 0.6) is 0 Å². The Morgan fingerprint density at radius 2 is 1.95 bits per heavy atom. The highest BCUT2D eigenvalue weighted by molar-refractivity contribution is 9.10. The summed E-state index contributed by atoms with van der Waals surface area (Å²) >= 11 is 3.41. The summed E-state index contributed by atoms with van der Waals surface area (Å²) in [6.45, 7) is 2.01. The minimum atomic E-state index is -0.0216.